The first-order valence-corrected chi connectivity index (χ1v) is 10.1. The molecule has 2 aromatic rings. The number of hydrogen-bond donors (Lipinski definition) is 2. The van der Waals surface area contributed by atoms with Crippen molar-refractivity contribution in [3.63, 3.8) is 0 Å². The van der Waals surface area contributed by atoms with Gasteiger partial charge in [-0.1, -0.05) is 6.07 Å². The topological polar surface area (TPSA) is 87.6 Å². The summed E-state index contributed by atoms with van der Waals surface area (Å²) in [6.45, 7) is 1.01. The first-order chi connectivity index (χ1) is 14.4. The highest BCUT2D eigenvalue weighted by molar-refractivity contribution is 6.10. The monoisotopic (exact) mass is 413 g/mol. The van der Waals surface area contributed by atoms with E-state index in [0.717, 1.165) is 36.2 Å². The van der Waals surface area contributed by atoms with Crippen molar-refractivity contribution in [2.45, 2.75) is 31.3 Å². The van der Waals surface area contributed by atoms with E-state index in [0.29, 0.717) is 48.9 Å². The Labute approximate surface area is 174 Å². The molecule has 2 heterocycles. The second-order valence-electron chi connectivity index (χ2n) is 7.94. The molecule has 0 spiro atoms. The normalized spacial score (nSPS) is 19.8. The molecule has 8 heteroatoms. The van der Waals surface area contributed by atoms with E-state index in [9.17, 15) is 13.9 Å². The highest BCUT2D eigenvalue weighted by Crippen LogP contribution is 2.37. The zero-order valence-electron chi connectivity index (χ0n) is 16.9. The molecular weight excluding hydrogens is 388 g/mol. The lowest BCUT2D eigenvalue weighted by Crippen LogP contribution is -2.43. The standard InChI is InChI=1S/C22H25F2N5O/c1-26-11-16(21(25)14-2-3-14)19-12-27-13-20(28-19)29-8-6-22(30,7-9-29)15-4-5-17(23)18(24)10-15/h4-5,10-14,30H,2-3,6-9,25H2,1H3/b21-16+,26-11?. The predicted molar refractivity (Wildman–Crippen MR) is 112 cm³/mol. The molecule has 1 aliphatic heterocycles. The predicted octanol–water partition coefficient (Wildman–Crippen LogP) is 3.02. The smallest absolute Gasteiger partial charge is 0.159 e. The fourth-order valence-electron chi connectivity index (χ4n) is 3.85. The summed E-state index contributed by atoms with van der Waals surface area (Å²) in [6, 6.07) is 3.57. The van der Waals surface area contributed by atoms with Crippen molar-refractivity contribution in [1.29, 1.82) is 0 Å². The van der Waals surface area contributed by atoms with Crippen LogP contribution in [0.5, 0.6) is 0 Å². The maximum atomic E-state index is 13.6. The van der Waals surface area contributed by atoms with Crippen LogP contribution in [0.1, 0.15) is 36.9 Å². The van der Waals surface area contributed by atoms with Crippen LogP contribution in [0.2, 0.25) is 0 Å². The highest BCUT2D eigenvalue weighted by atomic mass is 19.2. The van der Waals surface area contributed by atoms with E-state index < -0.39 is 17.2 Å². The summed E-state index contributed by atoms with van der Waals surface area (Å²) in [5.74, 6) is -0.807. The van der Waals surface area contributed by atoms with Crippen LogP contribution in [-0.4, -0.2) is 41.4 Å². The minimum absolute atomic E-state index is 0.368. The van der Waals surface area contributed by atoms with E-state index in [1.807, 2.05) is 4.90 Å². The Hall–Kier alpha value is -2.87. The average molecular weight is 413 g/mol. The maximum Gasteiger partial charge on any atom is 0.159 e. The van der Waals surface area contributed by atoms with Gasteiger partial charge in [0.1, 0.15) is 5.82 Å². The SMILES string of the molecule is CN=C/C(=C(\N)C1CC1)c1cncc(N2CCC(O)(c3ccc(F)c(F)c3)CC2)n1. The zero-order chi connectivity index (χ0) is 21.3. The van der Waals surface area contributed by atoms with Crippen LogP contribution in [0.15, 0.2) is 41.3 Å². The Morgan fingerprint density at radius 3 is 2.60 bits per heavy atom. The van der Waals surface area contributed by atoms with Crippen LogP contribution in [-0.2, 0) is 5.60 Å². The summed E-state index contributed by atoms with van der Waals surface area (Å²) < 4.78 is 26.9. The van der Waals surface area contributed by atoms with Gasteiger partial charge in [-0.15, -0.1) is 0 Å². The Bertz CT molecular complexity index is 995. The molecule has 2 aliphatic rings. The number of hydrogen-bond acceptors (Lipinski definition) is 6. The van der Waals surface area contributed by atoms with Crippen molar-refractivity contribution in [2.75, 3.05) is 25.0 Å². The molecule has 0 atom stereocenters. The number of nitrogens with two attached hydrogens (primary N) is 1. The maximum absolute atomic E-state index is 13.6. The number of aliphatic hydroxyl groups is 1. The Morgan fingerprint density at radius 1 is 1.23 bits per heavy atom. The van der Waals surface area contributed by atoms with E-state index >= 15 is 0 Å². The number of halogens is 2. The molecular formula is C22H25F2N5O. The molecule has 2 fully saturated rings. The molecule has 0 bridgehead atoms. The van der Waals surface area contributed by atoms with Gasteiger partial charge in [0, 0.05) is 37.6 Å². The number of allylic oxidation sites excluding steroid dienone is 2. The van der Waals surface area contributed by atoms with Gasteiger partial charge in [0.2, 0.25) is 0 Å². The number of benzene rings is 1. The molecule has 6 nitrogen and oxygen atoms in total. The summed E-state index contributed by atoms with van der Waals surface area (Å²) in [5.41, 5.74) is 7.75. The van der Waals surface area contributed by atoms with Gasteiger partial charge in [0.25, 0.3) is 0 Å². The van der Waals surface area contributed by atoms with Crippen LogP contribution >= 0.6 is 0 Å². The summed E-state index contributed by atoms with van der Waals surface area (Å²) in [4.78, 5) is 15.2. The third kappa shape index (κ3) is 4.05. The molecule has 4 rings (SSSR count). The lowest BCUT2D eigenvalue weighted by Gasteiger charge is -2.39. The second kappa shape index (κ2) is 8.10. The van der Waals surface area contributed by atoms with Crippen LogP contribution in [0.25, 0.3) is 5.57 Å². The molecule has 0 radical (unpaired) electrons. The number of anilines is 1. The summed E-state index contributed by atoms with van der Waals surface area (Å²) in [5, 5.41) is 11.0. The Morgan fingerprint density at radius 2 is 1.97 bits per heavy atom. The molecule has 1 aliphatic carbocycles. The molecule has 1 saturated carbocycles. The van der Waals surface area contributed by atoms with Crippen molar-refractivity contribution in [1.82, 2.24) is 9.97 Å². The first-order valence-electron chi connectivity index (χ1n) is 10.1. The summed E-state index contributed by atoms with van der Waals surface area (Å²) in [6.07, 6.45) is 7.97. The van der Waals surface area contributed by atoms with E-state index in [1.54, 1.807) is 25.7 Å². The molecule has 158 valence electrons. The summed E-state index contributed by atoms with van der Waals surface area (Å²) >= 11 is 0. The molecule has 0 amide bonds. The Balaban J connectivity index is 1.53. The molecule has 30 heavy (non-hydrogen) atoms. The second-order valence-corrected chi connectivity index (χ2v) is 7.94. The van der Waals surface area contributed by atoms with Gasteiger partial charge in [0.15, 0.2) is 11.6 Å². The van der Waals surface area contributed by atoms with Gasteiger partial charge in [-0.25, -0.2) is 13.8 Å². The number of rotatable bonds is 5. The molecule has 1 aromatic carbocycles. The molecule has 3 N–H and O–H groups in total. The van der Waals surface area contributed by atoms with Crippen molar-refractivity contribution >= 4 is 17.6 Å². The van der Waals surface area contributed by atoms with Gasteiger partial charge < -0.3 is 15.7 Å². The zero-order valence-corrected chi connectivity index (χ0v) is 16.9. The van der Waals surface area contributed by atoms with Crippen molar-refractivity contribution < 1.29 is 13.9 Å². The van der Waals surface area contributed by atoms with Crippen LogP contribution in [0, 0.1) is 17.6 Å². The molecule has 0 unspecified atom stereocenters. The van der Waals surface area contributed by atoms with Crippen molar-refractivity contribution in [3.05, 3.63) is 59.2 Å². The van der Waals surface area contributed by atoms with Gasteiger partial charge in [-0.05, 0) is 49.3 Å². The lowest BCUT2D eigenvalue weighted by molar-refractivity contribution is 0.0113. The average Bonchev–Trinajstić information content (AvgIpc) is 3.59. The van der Waals surface area contributed by atoms with Crippen LogP contribution in [0.4, 0.5) is 14.6 Å². The van der Waals surface area contributed by atoms with E-state index in [-0.39, 0.29) is 0 Å². The van der Waals surface area contributed by atoms with Crippen LogP contribution < -0.4 is 10.6 Å². The third-order valence-electron chi connectivity index (χ3n) is 5.86. The van der Waals surface area contributed by atoms with Gasteiger partial charge >= 0.3 is 0 Å². The van der Waals surface area contributed by atoms with E-state index in [4.69, 9.17) is 10.7 Å². The van der Waals surface area contributed by atoms with Gasteiger partial charge in [0.05, 0.1) is 23.7 Å². The van der Waals surface area contributed by atoms with E-state index in [1.165, 1.54) is 6.07 Å². The number of nitrogens with zero attached hydrogens (tertiary/aromatic N) is 4. The van der Waals surface area contributed by atoms with Gasteiger partial charge in [-0.2, -0.15) is 0 Å². The minimum atomic E-state index is -1.20. The quantitative estimate of drug-likeness (QED) is 0.736. The largest absolute Gasteiger partial charge is 0.401 e. The van der Waals surface area contributed by atoms with Gasteiger partial charge in [-0.3, -0.25) is 9.98 Å². The lowest BCUT2D eigenvalue weighted by atomic mass is 9.84. The van der Waals surface area contributed by atoms with Crippen molar-refractivity contribution in [3.8, 4) is 0 Å². The minimum Gasteiger partial charge on any atom is -0.401 e. The fraction of sp³-hybridized carbons (Fsp3) is 0.409. The number of aliphatic imine (C=N–C) groups is 1. The van der Waals surface area contributed by atoms with Crippen LogP contribution in [0.3, 0.4) is 0 Å². The number of aromatic nitrogens is 2. The first kappa shape index (κ1) is 20.4. The number of piperidine rings is 1. The van der Waals surface area contributed by atoms with Crippen molar-refractivity contribution in [2.24, 2.45) is 16.6 Å². The van der Waals surface area contributed by atoms with E-state index in [2.05, 4.69) is 9.98 Å². The molecule has 1 saturated heterocycles. The fourth-order valence-corrected chi connectivity index (χ4v) is 3.85. The Kier molecular flexibility index (Phi) is 5.51. The third-order valence-corrected chi connectivity index (χ3v) is 5.86. The highest BCUT2D eigenvalue weighted by Gasteiger charge is 2.35. The summed E-state index contributed by atoms with van der Waals surface area (Å²) in [7, 11) is 1.70. The molecule has 1 aromatic heterocycles.